The van der Waals surface area contributed by atoms with E-state index < -0.39 is 11.9 Å². The second-order valence-electron chi connectivity index (χ2n) is 4.27. The van der Waals surface area contributed by atoms with E-state index in [1.54, 1.807) is 0 Å². The maximum Gasteiger partial charge on any atom is 0.433 e. The molecule has 3 nitrogen and oxygen atoms in total. The third-order valence-corrected chi connectivity index (χ3v) is 2.87. The Kier molecular flexibility index (Phi) is 3.61. The third-order valence-electron chi connectivity index (χ3n) is 2.87. The summed E-state index contributed by atoms with van der Waals surface area (Å²) in [6.45, 7) is 1.82. The highest BCUT2D eigenvalue weighted by Gasteiger charge is 2.32. The van der Waals surface area contributed by atoms with Crippen LogP contribution in [0.2, 0.25) is 0 Å². The molecule has 1 fully saturated rings. The number of halogens is 3. The van der Waals surface area contributed by atoms with Crippen LogP contribution in [0, 0.1) is 5.92 Å². The van der Waals surface area contributed by atoms with Gasteiger partial charge in [0.1, 0.15) is 11.5 Å². The number of alkyl halides is 3. The first kappa shape index (κ1) is 12.3. The molecule has 17 heavy (non-hydrogen) atoms. The van der Waals surface area contributed by atoms with Crippen molar-refractivity contribution in [3.05, 3.63) is 23.8 Å². The van der Waals surface area contributed by atoms with Gasteiger partial charge in [-0.2, -0.15) is 13.2 Å². The van der Waals surface area contributed by atoms with Gasteiger partial charge in [0.2, 0.25) is 0 Å². The molecule has 1 N–H and O–H groups in total. The molecule has 0 aliphatic carbocycles. The van der Waals surface area contributed by atoms with Crippen LogP contribution in [0.25, 0.3) is 0 Å². The number of aromatic nitrogens is 2. The van der Waals surface area contributed by atoms with Gasteiger partial charge in [0.05, 0.1) is 0 Å². The van der Waals surface area contributed by atoms with Crippen molar-refractivity contribution in [1.29, 1.82) is 0 Å². The molecule has 0 saturated carbocycles. The van der Waals surface area contributed by atoms with Gasteiger partial charge in [0.15, 0.2) is 0 Å². The highest BCUT2D eigenvalue weighted by molar-refractivity contribution is 5.06. The highest BCUT2D eigenvalue weighted by atomic mass is 19.4. The summed E-state index contributed by atoms with van der Waals surface area (Å²) in [6.07, 6.45) is -0.614. The van der Waals surface area contributed by atoms with Gasteiger partial charge < -0.3 is 5.32 Å². The van der Waals surface area contributed by atoms with Crippen LogP contribution in [0.5, 0.6) is 0 Å². The lowest BCUT2D eigenvalue weighted by Crippen LogP contribution is -2.31. The molecule has 0 spiro atoms. The molecule has 94 valence electrons. The molecule has 0 amide bonds. The van der Waals surface area contributed by atoms with Crippen LogP contribution in [0.3, 0.4) is 0 Å². The fourth-order valence-corrected chi connectivity index (χ4v) is 2.01. The minimum atomic E-state index is -4.39. The van der Waals surface area contributed by atoms with Crippen molar-refractivity contribution in [2.45, 2.75) is 25.4 Å². The van der Waals surface area contributed by atoms with Crippen molar-refractivity contribution < 1.29 is 13.2 Å². The number of hydrogen-bond donors (Lipinski definition) is 1. The number of rotatable bonds is 2. The molecule has 1 aromatic rings. The average molecular weight is 245 g/mol. The molecule has 0 aromatic carbocycles. The van der Waals surface area contributed by atoms with Crippen LogP contribution in [0.1, 0.15) is 24.4 Å². The van der Waals surface area contributed by atoms with Crippen molar-refractivity contribution in [3.8, 4) is 0 Å². The van der Waals surface area contributed by atoms with Gasteiger partial charge >= 0.3 is 6.18 Å². The van der Waals surface area contributed by atoms with Gasteiger partial charge in [-0.15, -0.1) is 0 Å². The highest BCUT2D eigenvalue weighted by Crippen LogP contribution is 2.27. The standard InChI is InChI=1S/C11H14F3N3/c12-11(13,14)9-3-5-16-10(17-9)6-8-2-1-4-15-7-8/h3,5,8,15H,1-2,4,6-7H2/t8-/m1/s1. The zero-order chi connectivity index (χ0) is 12.3. The fourth-order valence-electron chi connectivity index (χ4n) is 2.01. The molecule has 2 rings (SSSR count). The second-order valence-corrected chi connectivity index (χ2v) is 4.27. The third kappa shape index (κ3) is 3.39. The summed E-state index contributed by atoms with van der Waals surface area (Å²) >= 11 is 0. The summed E-state index contributed by atoms with van der Waals surface area (Å²) in [5.74, 6) is 0.626. The molecule has 0 radical (unpaired) electrons. The Morgan fingerprint density at radius 2 is 2.24 bits per heavy atom. The Morgan fingerprint density at radius 1 is 1.41 bits per heavy atom. The molecule has 0 unspecified atom stereocenters. The van der Waals surface area contributed by atoms with E-state index in [9.17, 15) is 13.2 Å². The summed E-state index contributed by atoms with van der Waals surface area (Å²) in [4.78, 5) is 7.48. The molecule has 2 heterocycles. The maximum atomic E-state index is 12.4. The molecule has 1 saturated heterocycles. The van der Waals surface area contributed by atoms with Crippen LogP contribution in [-0.4, -0.2) is 23.1 Å². The van der Waals surface area contributed by atoms with E-state index in [1.165, 1.54) is 6.20 Å². The molecule has 1 aromatic heterocycles. The average Bonchev–Trinajstić information content (AvgIpc) is 2.29. The van der Waals surface area contributed by atoms with E-state index >= 15 is 0 Å². The zero-order valence-corrected chi connectivity index (χ0v) is 9.30. The first-order chi connectivity index (χ1) is 8.05. The first-order valence-corrected chi connectivity index (χ1v) is 5.65. The normalized spacial score (nSPS) is 21.5. The summed E-state index contributed by atoms with van der Waals surface area (Å²) in [5.41, 5.74) is -0.855. The van der Waals surface area contributed by atoms with E-state index in [0.29, 0.717) is 12.3 Å². The first-order valence-electron chi connectivity index (χ1n) is 5.65. The van der Waals surface area contributed by atoms with Gasteiger partial charge in [0.25, 0.3) is 0 Å². The van der Waals surface area contributed by atoms with Gasteiger partial charge in [-0.1, -0.05) is 0 Å². The van der Waals surface area contributed by atoms with E-state index in [1.807, 2.05) is 0 Å². The molecular formula is C11H14F3N3. The van der Waals surface area contributed by atoms with Crippen LogP contribution in [-0.2, 0) is 12.6 Å². The van der Waals surface area contributed by atoms with Crippen LogP contribution in [0.15, 0.2) is 12.3 Å². The Balaban J connectivity index is 2.05. The summed E-state index contributed by atoms with van der Waals surface area (Å²) in [6, 6.07) is 0.905. The van der Waals surface area contributed by atoms with Crippen molar-refractivity contribution in [2.24, 2.45) is 5.92 Å². The zero-order valence-electron chi connectivity index (χ0n) is 9.30. The summed E-state index contributed by atoms with van der Waals surface area (Å²) in [7, 11) is 0. The van der Waals surface area contributed by atoms with E-state index in [0.717, 1.165) is 32.0 Å². The number of hydrogen-bond acceptors (Lipinski definition) is 3. The lowest BCUT2D eigenvalue weighted by molar-refractivity contribution is -0.141. The van der Waals surface area contributed by atoms with Crippen molar-refractivity contribution in [1.82, 2.24) is 15.3 Å². The van der Waals surface area contributed by atoms with Crippen molar-refractivity contribution in [2.75, 3.05) is 13.1 Å². The Morgan fingerprint density at radius 3 is 2.88 bits per heavy atom. The largest absolute Gasteiger partial charge is 0.433 e. The Bertz CT molecular complexity index is 372. The molecule has 1 aliphatic heterocycles. The van der Waals surface area contributed by atoms with E-state index in [-0.39, 0.29) is 5.82 Å². The summed E-state index contributed by atoms with van der Waals surface area (Å²) < 4.78 is 37.3. The van der Waals surface area contributed by atoms with Gasteiger partial charge in [-0.25, -0.2) is 9.97 Å². The molecular weight excluding hydrogens is 231 g/mol. The summed E-state index contributed by atoms with van der Waals surface area (Å²) in [5, 5.41) is 3.22. The monoisotopic (exact) mass is 245 g/mol. The minimum Gasteiger partial charge on any atom is -0.316 e. The number of piperidine rings is 1. The molecule has 0 bridgehead atoms. The van der Waals surface area contributed by atoms with E-state index in [4.69, 9.17) is 0 Å². The van der Waals surface area contributed by atoms with Crippen LogP contribution >= 0.6 is 0 Å². The van der Waals surface area contributed by atoms with Crippen LogP contribution < -0.4 is 5.32 Å². The predicted octanol–water partition coefficient (Wildman–Crippen LogP) is 2.04. The van der Waals surface area contributed by atoms with Gasteiger partial charge in [0, 0.05) is 12.6 Å². The fraction of sp³-hybridized carbons (Fsp3) is 0.636. The molecule has 6 heteroatoms. The maximum absolute atomic E-state index is 12.4. The van der Waals surface area contributed by atoms with Crippen LogP contribution in [0.4, 0.5) is 13.2 Å². The lowest BCUT2D eigenvalue weighted by Gasteiger charge is -2.22. The second kappa shape index (κ2) is 5.00. The van der Waals surface area contributed by atoms with Gasteiger partial charge in [-0.05, 0) is 37.9 Å². The Labute approximate surface area is 97.5 Å². The molecule has 1 aliphatic rings. The number of nitrogens with zero attached hydrogens (tertiary/aromatic N) is 2. The molecule has 1 atom stereocenters. The van der Waals surface area contributed by atoms with Gasteiger partial charge in [-0.3, -0.25) is 0 Å². The quantitative estimate of drug-likeness (QED) is 0.866. The SMILES string of the molecule is FC(F)(F)c1ccnc(C[C@H]2CCCNC2)n1. The Hall–Kier alpha value is -1.17. The van der Waals surface area contributed by atoms with Crippen molar-refractivity contribution in [3.63, 3.8) is 0 Å². The van der Waals surface area contributed by atoms with E-state index in [2.05, 4.69) is 15.3 Å². The smallest absolute Gasteiger partial charge is 0.316 e. The van der Waals surface area contributed by atoms with Crippen molar-refractivity contribution >= 4 is 0 Å². The predicted molar refractivity (Wildman–Crippen MR) is 56.3 cm³/mol. The topological polar surface area (TPSA) is 37.8 Å². The minimum absolute atomic E-state index is 0.286. The number of nitrogens with one attached hydrogen (secondary N) is 1. The lowest BCUT2D eigenvalue weighted by atomic mass is 9.96.